The molecule has 10 heteroatoms. The van der Waals surface area contributed by atoms with Gasteiger partial charge in [-0.15, -0.1) is 0 Å². The Labute approximate surface area is 215 Å². The lowest BCUT2D eigenvalue weighted by Crippen LogP contribution is -2.51. The summed E-state index contributed by atoms with van der Waals surface area (Å²) in [5.41, 5.74) is 1.99. The molecule has 0 saturated heterocycles. The van der Waals surface area contributed by atoms with Crippen LogP contribution in [0, 0.1) is 6.92 Å². The number of carbonyl (C=O) groups excluding carboxylic acids is 2. The predicted molar refractivity (Wildman–Crippen MR) is 140 cm³/mol. The second kappa shape index (κ2) is 12.6. The number of aryl methyl sites for hydroxylation is 1. The fourth-order valence-electron chi connectivity index (χ4n) is 3.30. The summed E-state index contributed by atoms with van der Waals surface area (Å²) in [6.45, 7) is 5.72. The molecule has 186 valence electrons. The van der Waals surface area contributed by atoms with Crippen molar-refractivity contribution >= 4 is 55.1 Å². The molecule has 0 radical (unpaired) electrons. The van der Waals surface area contributed by atoms with Crippen molar-refractivity contribution in [1.29, 1.82) is 0 Å². The highest BCUT2D eigenvalue weighted by atomic mass is 79.9. The molecule has 0 spiro atoms. The summed E-state index contributed by atoms with van der Waals surface area (Å²) in [5, 5.41) is 3.41. The molecule has 34 heavy (non-hydrogen) atoms. The number of halogens is 2. The maximum Gasteiger partial charge on any atom is 0.244 e. The first-order valence-electron chi connectivity index (χ1n) is 11.0. The van der Waals surface area contributed by atoms with Crippen LogP contribution < -0.4 is 9.62 Å². The molecule has 0 aliphatic carbocycles. The Bertz CT molecular complexity index is 1110. The molecule has 2 amide bonds. The lowest BCUT2D eigenvalue weighted by Gasteiger charge is -2.31. The third-order valence-electron chi connectivity index (χ3n) is 5.37. The van der Waals surface area contributed by atoms with Crippen LogP contribution in [0.4, 0.5) is 5.69 Å². The van der Waals surface area contributed by atoms with Gasteiger partial charge in [0.1, 0.15) is 12.6 Å². The minimum absolute atomic E-state index is 0.134. The summed E-state index contributed by atoms with van der Waals surface area (Å²) < 4.78 is 27.1. The van der Waals surface area contributed by atoms with Gasteiger partial charge in [0.15, 0.2) is 0 Å². The Morgan fingerprint density at radius 2 is 1.79 bits per heavy atom. The monoisotopic (exact) mass is 571 g/mol. The van der Waals surface area contributed by atoms with E-state index in [2.05, 4.69) is 21.2 Å². The van der Waals surface area contributed by atoms with E-state index in [1.54, 1.807) is 49.4 Å². The lowest BCUT2D eigenvalue weighted by atomic mass is 10.1. The third-order valence-corrected chi connectivity index (χ3v) is 7.65. The molecular weight excluding hydrogens is 542 g/mol. The summed E-state index contributed by atoms with van der Waals surface area (Å²) in [6.07, 6.45) is 2.81. The molecule has 1 N–H and O–H groups in total. The van der Waals surface area contributed by atoms with Gasteiger partial charge in [0, 0.05) is 22.6 Å². The Balaban J connectivity index is 2.35. The number of carbonyl (C=O) groups is 2. The van der Waals surface area contributed by atoms with Crippen LogP contribution in [0.5, 0.6) is 0 Å². The fraction of sp³-hybridized carbons (Fsp3) is 0.417. The third kappa shape index (κ3) is 7.99. The van der Waals surface area contributed by atoms with Gasteiger partial charge < -0.3 is 10.2 Å². The van der Waals surface area contributed by atoms with E-state index in [4.69, 9.17) is 11.6 Å². The molecular formula is C24H31BrClN3O4S. The number of hydrogen-bond acceptors (Lipinski definition) is 4. The van der Waals surface area contributed by atoms with Gasteiger partial charge in [-0.1, -0.05) is 53.0 Å². The molecule has 2 aromatic rings. The maximum absolute atomic E-state index is 13.5. The van der Waals surface area contributed by atoms with E-state index in [9.17, 15) is 18.0 Å². The van der Waals surface area contributed by atoms with Crippen molar-refractivity contribution in [2.45, 2.75) is 46.2 Å². The van der Waals surface area contributed by atoms with Crippen molar-refractivity contribution in [1.82, 2.24) is 10.2 Å². The Morgan fingerprint density at radius 3 is 2.35 bits per heavy atom. The van der Waals surface area contributed by atoms with Gasteiger partial charge in [-0.2, -0.15) is 0 Å². The first kappa shape index (κ1) is 28.1. The summed E-state index contributed by atoms with van der Waals surface area (Å²) in [6, 6.07) is 11.2. The number of sulfonamides is 1. The van der Waals surface area contributed by atoms with E-state index in [0.717, 1.165) is 39.0 Å². The van der Waals surface area contributed by atoms with Crippen LogP contribution in [0.2, 0.25) is 5.02 Å². The highest BCUT2D eigenvalue weighted by Gasteiger charge is 2.30. The minimum atomic E-state index is -3.77. The number of benzene rings is 2. The highest BCUT2D eigenvalue weighted by molar-refractivity contribution is 9.10. The second-order valence-electron chi connectivity index (χ2n) is 8.17. The van der Waals surface area contributed by atoms with Crippen LogP contribution >= 0.6 is 27.5 Å². The van der Waals surface area contributed by atoms with Crippen LogP contribution in [-0.4, -0.2) is 50.5 Å². The van der Waals surface area contributed by atoms with Gasteiger partial charge in [0.25, 0.3) is 0 Å². The summed E-state index contributed by atoms with van der Waals surface area (Å²) in [7, 11) is -3.77. The average molecular weight is 573 g/mol. The number of rotatable bonds is 11. The number of anilines is 1. The van der Waals surface area contributed by atoms with Crippen LogP contribution in [0.3, 0.4) is 0 Å². The van der Waals surface area contributed by atoms with Gasteiger partial charge in [0.05, 0.1) is 11.9 Å². The highest BCUT2D eigenvalue weighted by Crippen LogP contribution is 2.25. The molecule has 2 rings (SSSR count). The van der Waals surface area contributed by atoms with Gasteiger partial charge in [0.2, 0.25) is 21.8 Å². The Kier molecular flexibility index (Phi) is 10.4. The number of amides is 2. The maximum atomic E-state index is 13.5. The number of hydrogen-bond donors (Lipinski definition) is 1. The quantitative estimate of drug-likeness (QED) is 0.402. The molecule has 0 saturated carbocycles. The molecule has 0 aromatic heterocycles. The zero-order valence-corrected chi connectivity index (χ0v) is 23.0. The topological polar surface area (TPSA) is 86.8 Å². The molecule has 0 fully saturated rings. The van der Waals surface area contributed by atoms with Gasteiger partial charge in [-0.25, -0.2) is 8.42 Å². The molecule has 0 bridgehead atoms. The molecule has 1 atom stereocenters. The number of unbranched alkanes of at least 4 members (excludes halogenated alkanes) is 1. The molecule has 2 aromatic carbocycles. The van der Waals surface area contributed by atoms with Crippen molar-refractivity contribution in [3.63, 3.8) is 0 Å². The Morgan fingerprint density at radius 1 is 1.15 bits per heavy atom. The normalized spacial score (nSPS) is 12.2. The van der Waals surface area contributed by atoms with Crippen molar-refractivity contribution in [2.75, 3.05) is 23.7 Å². The molecule has 0 heterocycles. The van der Waals surface area contributed by atoms with E-state index < -0.39 is 28.5 Å². The van der Waals surface area contributed by atoms with Crippen molar-refractivity contribution < 1.29 is 18.0 Å². The fourth-order valence-corrected chi connectivity index (χ4v) is 4.52. The van der Waals surface area contributed by atoms with Gasteiger partial charge in [-0.3, -0.25) is 13.9 Å². The van der Waals surface area contributed by atoms with Crippen LogP contribution in [0.25, 0.3) is 0 Å². The SMILES string of the molecule is CCCCNC(=O)C(C)N(Cc1ccc(Cl)cc1)C(=O)CN(c1ccc(Br)c(C)c1)S(C)(=O)=O. The van der Waals surface area contributed by atoms with Gasteiger partial charge in [-0.05, 0) is 61.7 Å². The van der Waals surface area contributed by atoms with E-state index in [-0.39, 0.29) is 12.5 Å². The number of nitrogens with zero attached hydrogens (tertiary/aromatic N) is 2. The molecule has 1 unspecified atom stereocenters. The predicted octanol–water partition coefficient (Wildman–Crippen LogP) is 4.51. The largest absolute Gasteiger partial charge is 0.354 e. The zero-order chi connectivity index (χ0) is 25.5. The number of nitrogens with one attached hydrogen (secondary N) is 1. The zero-order valence-electron chi connectivity index (χ0n) is 19.8. The summed E-state index contributed by atoms with van der Waals surface area (Å²) >= 11 is 9.39. The van der Waals surface area contributed by atoms with Gasteiger partial charge >= 0.3 is 0 Å². The smallest absolute Gasteiger partial charge is 0.244 e. The van der Waals surface area contributed by atoms with Crippen LogP contribution in [0.15, 0.2) is 46.9 Å². The van der Waals surface area contributed by atoms with E-state index in [1.807, 2.05) is 13.8 Å². The molecule has 7 nitrogen and oxygen atoms in total. The minimum Gasteiger partial charge on any atom is -0.354 e. The average Bonchev–Trinajstić information content (AvgIpc) is 2.77. The van der Waals surface area contributed by atoms with Crippen LogP contribution in [-0.2, 0) is 26.2 Å². The van der Waals surface area contributed by atoms with Crippen molar-refractivity contribution in [3.05, 3.63) is 63.1 Å². The van der Waals surface area contributed by atoms with Crippen molar-refractivity contribution in [2.24, 2.45) is 0 Å². The first-order valence-corrected chi connectivity index (χ1v) is 14.0. The lowest BCUT2D eigenvalue weighted by molar-refractivity contribution is -0.139. The van der Waals surface area contributed by atoms with E-state index >= 15 is 0 Å². The molecule has 0 aliphatic rings. The Hall–Kier alpha value is -2.10. The summed E-state index contributed by atoms with van der Waals surface area (Å²) in [4.78, 5) is 27.7. The summed E-state index contributed by atoms with van der Waals surface area (Å²) in [5.74, 6) is -0.778. The first-order chi connectivity index (χ1) is 15.9. The van der Waals surface area contributed by atoms with Crippen LogP contribution in [0.1, 0.15) is 37.8 Å². The molecule has 0 aliphatic heterocycles. The van der Waals surface area contributed by atoms with E-state index in [0.29, 0.717) is 17.3 Å². The van der Waals surface area contributed by atoms with E-state index in [1.165, 1.54) is 4.90 Å². The standard InChI is InChI=1S/C24H31BrClN3O4S/c1-5-6-13-27-24(31)18(3)28(15-19-7-9-20(26)10-8-19)23(30)16-29(34(4,32)33)21-11-12-22(25)17(2)14-21/h7-12,14,18H,5-6,13,15-16H2,1-4H3,(H,27,31). The van der Waals surface area contributed by atoms with Crippen molar-refractivity contribution in [3.8, 4) is 0 Å². The second-order valence-corrected chi connectivity index (χ2v) is 11.4.